The summed E-state index contributed by atoms with van der Waals surface area (Å²) in [5.74, 6) is 0.150. The highest BCUT2D eigenvalue weighted by atomic mass is 79.9. The van der Waals surface area contributed by atoms with E-state index in [1.54, 1.807) is 16.7 Å². The molecule has 0 saturated heterocycles. The lowest BCUT2D eigenvalue weighted by atomic mass is 10.2. The Balaban J connectivity index is 2.67. The summed E-state index contributed by atoms with van der Waals surface area (Å²) in [4.78, 5) is 3.93. The second-order valence-electron chi connectivity index (χ2n) is 4.67. The molecule has 0 aromatic carbocycles. The topological polar surface area (TPSA) is 50.3 Å². The summed E-state index contributed by atoms with van der Waals surface area (Å²) in [6, 6.07) is 3.71. The number of hydrogen-bond acceptors (Lipinski definition) is 3. The number of rotatable bonds is 8. The molecule has 0 fully saturated rings. The molecular weight excluding hydrogens is 328 g/mol. The third-order valence-corrected chi connectivity index (χ3v) is 5.44. The maximum absolute atomic E-state index is 12.3. The van der Waals surface area contributed by atoms with Crippen molar-refractivity contribution in [1.29, 1.82) is 0 Å². The van der Waals surface area contributed by atoms with Crippen molar-refractivity contribution in [2.45, 2.75) is 32.7 Å². The van der Waals surface area contributed by atoms with Crippen LogP contribution < -0.4 is 0 Å². The van der Waals surface area contributed by atoms with Crippen LogP contribution in [-0.4, -0.2) is 41.4 Å². The first-order valence-electron chi connectivity index (χ1n) is 6.41. The van der Waals surface area contributed by atoms with Crippen LogP contribution >= 0.6 is 15.9 Å². The van der Waals surface area contributed by atoms with Gasteiger partial charge in [-0.15, -0.1) is 0 Å². The Hall–Kier alpha value is -0.460. The lowest BCUT2D eigenvalue weighted by Gasteiger charge is -2.25. The number of nitrogens with zero attached hydrogens (tertiary/aromatic N) is 2. The molecule has 0 unspecified atom stereocenters. The van der Waals surface area contributed by atoms with Gasteiger partial charge in [0.15, 0.2) is 0 Å². The highest BCUT2D eigenvalue weighted by molar-refractivity contribution is 9.09. The SMILES string of the molecule is CC(C)N(CCCBr)S(=O)(=O)CCc1ccncc1. The van der Waals surface area contributed by atoms with E-state index in [0.29, 0.717) is 13.0 Å². The Morgan fingerprint density at radius 1 is 1.32 bits per heavy atom. The van der Waals surface area contributed by atoms with Crippen LogP contribution in [0.25, 0.3) is 0 Å². The first-order valence-corrected chi connectivity index (χ1v) is 9.15. The van der Waals surface area contributed by atoms with Crippen molar-refractivity contribution in [1.82, 2.24) is 9.29 Å². The monoisotopic (exact) mass is 348 g/mol. The fourth-order valence-electron chi connectivity index (χ4n) is 1.85. The van der Waals surface area contributed by atoms with Gasteiger partial charge in [0.05, 0.1) is 5.75 Å². The molecule has 0 radical (unpaired) electrons. The Bertz CT molecular complexity index is 463. The van der Waals surface area contributed by atoms with Crippen molar-refractivity contribution in [2.24, 2.45) is 0 Å². The van der Waals surface area contributed by atoms with E-state index in [-0.39, 0.29) is 11.8 Å². The summed E-state index contributed by atoms with van der Waals surface area (Å²) >= 11 is 3.34. The van der Waals surface area contributed by atoms with Gasteiger partial charge in [-0.25, -0.2) is 8.42 Å². The average Bonchev–Trinajstić information content (AvgIpc) is 2.37. The van der Waals surface area contributed by atoms with Crippen molar-refractivity contribution >= 4 is 26.0 Å². The molecule has 108 valence electrons. The third kappa shape index (κ3) is 5.58. The normalized spacial score (nSPS) is 12.3. The highest BCUT2D eigenvalue weighted by Crippen LogP contribution is 2.11. The molecule has 0 spiro atoms. The van der Waals surface area contributed by atoms with Gasteiger partial charge in [-0.1, -0.05) is 15.9 Å². The van der Waals surface area contributed by atoms with E-state index in [1.807, 2.05) is 26.0 Å². The number of aryl methyl sites for hydroxylation is 1. The molecule has 4 nitrogen and oxygen atoms in total. The minimum atomic E-state index is -3.20. The molecule has 1 rings (SSSR count). The van der Waals surface area contributed by atoms with Crippen molar-refractivity contribution < 1.29 is 8.42 Å². The molecule has 0 aliphatic heterocycles. The van der Waals surface area contributed by atoms with E-state index < -0.39 is 10.0 Å². The summed E-state index contributed by atoms with van der Waals surface area (Å²) in [6.07, 6.45) is 4.73. The van der Waals surface area contributed by atoms with Gasteiger partial charge in [-0.3, -0.25) is 4.98 Å². The lowest BCUT2D eigenvalue weighted by molar-refractivity contribution is 0.355. The molecular formula is C13H21BrN2O2S. The van der Waals surface area contributed by atoms with Crippen molar-refractivity contribution in [3.8, 4) is 0 Å². The summed E-state index contributed by atoms with van der Waals surface area (Å²) in [5, 5.41) is 0.816. The second-order valence-corrected chi connectivity index (χ2v) is 7.50. The number of aromatic nitrogens is 1. The van der Waals surface area contributed by atoms with E-state index in [4.69, 9.17) is 0 Å². The van der Waals surface area contributed by atoms with Crippen LogP contribution in [0.1, 0.15) is 25.8 Å². The fraction of sp³-hybridized carbons (Fsp3) is 0.615. The Labute approximate surface area is 124 Å². The number of sulfonamides is 1. The lowest BCUT2D eigenvalue weighted by Crippen LogP contribution is -2.39. The second kappa shape index (κ2) is 7.97. The van der Waals surface area contributed by atoms with Crippen molar-refractivity contribution in [3.63, 3.8) is 0 Å². The summed E-state index contributed by atoms with van der Waals surface area (Å²) in [6.45, 7) is 4.40. The van der Waals surface area contributed by atoms with Gasteiger partial charge in [0.2, 0.25) is 10.0 Å². The summed E-state index contributed by atoms with van der Waals surface area (Å²) in [7, 11) is -3.20. The van der Waals surface area contributed by atoms with Crippen LogP contribution in [0, 0.1) is 0 Å². The molecule has 0 saturated carbocycles. The molecule has 1 aromatic heterocycles. The van der Waals surface area contributed by atoms with Crippen LogP contribution in [-0.2, 0) is 16.4 Å². The molecule has 6 heteroatoms. The summed E-state index contributed by atoms with van der Waals surface area (Å²) < 4.78 is 26.3. The average molecular weight is 349 g/mol. The van der Waals surface area contributed by atoms with Crippen LogP contribution in [0.15, 0.2) is 24.5 Å². The minimum absolute atomic E-state index is 0.00138. The van der Waals surface area contributed by atoms with Gasteiger partial charge < -0.3 is 0 Å². The third-order valence-electron chi connectivity index (χ3n) is 2.84. The molecule has 19 heavy (non-hydrogen) atoms. The standard InChI is InChI=1S/C13H21BrN2O2S/c1-12(2)16(10-3-7-14)19(17,18)11-6-13-4-8-15-9-5-13/h4-5,8-9,12H,3,6-7,10-11H2,1-2H3. The number of alkyl halides is 1. The van der Waals surface area contributed by atoms with Crippen LogP contribution in [0.2, 0.25) is 0 Å². The predicted octanol–water partition coefficient (Wildman–Crippen LogP) is 2.45. The fourth-order valence-corrected chi connectivity index (χ4v) is 3.88. The molecule has 0 N–H and O–H groups in total. The van der Waals surface area contributed by atoms with E-state index in [0.717, 1.165) is 17.3 Å². The Kier molecular flexibility index (Phi) is 6.96. The van der Waals surface area contributed by atoms with E-state index >= 15 is 0 Å². The zero-order valence-electron chi connectivity index (χ0n) is 11.4. The Morgan fingerprint density at radius 2 is 1.95 bits per heavy atom. The number of hydrogen-bond donors (Lipinski definition) is 0. The molecule has 0 atom stereocenters. The van der Waals surface area contributed by atoms with E-state index in [9.17, 15) is 8.42 Å². The highest BCUT2D eigenvalue weighted by Gasteiger charge is 2.23. The van der Waals surface area contributed by atoms with Crippen LogP contribution in [0.3, 0.4) is 0 Å². The molecule has 0 aliphatic rings. The minimum Gasteiger partial charge on any atom is -0.265 e. The van der Waals surface area contributed by atoms with E-state index in [2.05, 4.69) is 20.9 Å². The quantitative estimate of drug-likeness (QED) is 0.678. The van der Waals surface area contributed by atoms with Gasteiger partial charge >= 0.3 is 0 Å². The molecule has 1 heterocycles. The van der Waals surface area contributed by atoms with E-state index in [1.165, 1.54) is 0 Å². The van der Waals surface area contributed by atoms with Gasteiger partial charge in [0, 0.05) is 30.3 Å². The summed E-state index contributed by atoms with van der Waals surface area (Å²) in [5.41, 5.74) is 1.00. The predicted molar refractivity (Wildman–Crippen MR) is 82.0 cm³/mol. The largest absolute Gasteiger partial charge is 0.265 e. The molecule has 0 amide bonds. The number of halogens is 1. The molecule has 1 aromatic rings. The van der Waals surface area contributed by atoms with Gasteiger partial charge in [-0.2, -0.15) is 4.31 Å². The zero-order chi connectivity index (χ0) is 14.3. The van der Waals surface area contributed by atoms with Gasteiger partial charge in [0.1, 0.15) is 0 Å². The van der Waals surface area contributed by atoms with Crippen LogP contribution in [0.4, 0.5) is 0 Å². The van der Waals surface area contributed by atoms with Crippen molar-refractivity contribution in [2.75, 3.05) is 17.6 Å². The molecule has 0 aliphatic carbocycles. The van der Waals surface area contributed by atoms with Crippen LogP contribution in [0.5, 0.6) is 0 Å². The van der Waals surface area contributed by atoms with Gasteiger partial charge in [0.25, 0.3) is 0 Å². The first kappa shape index (κ1) is 16.6. The Morgan fingerprint density at radius 3 is 2.47 bits per heavy atom. The maximum Gasteiger partial charge on any atom is 0.214 e. The van der Waals surface area contributed by atoms with Crippen molar-refractivity contribution in [3.05, 3.63) is 30.1 Å². The number of pyridine rings is 1. The molecule has 0 bridgehead atoms. The zero-order valence-corrected chi connectivity index (χ0v) is 13.8. The van der Waals surface area contributed by atoms with Gasteiger partial charge in [-0.05, 0) is 44.4 Å². The maximum atomic E-state index is 12.3. The smallest absolute Gasteiger partial charge is 0.214 e. The first-order chi connectivity index (χ1) is 8.97.